The Hall–Kier alpha value is -3.73. The maximum absolute atomic E-state index is 14.0. The molecule has 0 unspecified atom stereocenters. The number of nitrogens with zero attached hydrogens (tertiary/aromatic N) is 3. The minimum absolute atomic E-state index is 0.117. The van der Waals surface area contributed by atoms with Gasteiger partial charge < -0.3 is 10.1 Å². The van der Waals surface area contributed by atoms with Crippen LogP contribution in [0.4, 0.5) is 18.2 Å². The first kappa shape index (κ1) is 25.9. The molecule has 3 aromatic heterocycles. The molecule has 198 valence electrons. The van der Waals surface area contributed by atoms with E-state index in [0.29, 0.717) is 27.1 Å². The Kier molecular flexibility index (Phi) is 6.72. The summed E-state index contributed by atoms with van der Waals surface area (Å²) in [7, 11) is 1.27. The number of rotatable bonds is 4. The van der Waals surface area contributed by atoms with E-state index in [1.165, 1.54) is 24.5 Å². The average molecular weight is 543 g/mol. The molecule has 1 aromatic carbocycles. The summed E-state index contributed by atoms with van der Waals surface area (Å²) >= 11 is 1.30. The van der Waals surface area contributed by atoms with Gasteiger partial charge in [0.1, 0.15) is 5.00 Å². The lowest BCUT2D eigenvalue weighted by molar-refractivity contribution is -0.142. The molecule has 1 N–H and O–H groups in total. The van der Waals surface area contributed by atoms with Gasteiger partial charge in [-0.2, -0.15) is 18.3 Å². The molecule has 1 aliphatic carbocycles. The number of anilines is 1. The van der Waals surface area contributed by atoms with E-state index in [-0.39, 0.29) is 17.0 Å². The number of amides is 1. The predicted octanol–water partition coefficient (Wildman–Crippen LogP) is 6.40. The summed E-state index contributed by atoms with van der Waals surface area (Å²) in [6.07, 6.45) is -0.317. The molecule has 0 saturated carbocycles. The van der Waals surface area contributed by atoms with Crippen molar-refractivity contribution >= 4 is 33.9 Å². The van der Waals surface area contributed by atoms with Crippen LogP contribution in [-0.2, 0) is 23.8 Å². The van der Waals surface area contributed by atoms with E-state index >= 15 is 0 Å². The minimum Gasteiger partial charge on any atom is -0.465 e. The number of hydrogen-bond donors (Lipinski definition) is 1. The molecule has 7 nitrogen and oxygen atoms in total. The van der Waals surface area contributed by atoms with Crippen molar-refractivity contribution in [2.24, 2.45) is 0 Å². The lowest BCUT2D eigenvalue weighted by Gasteiger charge is -2.11. The molecule has 0 spiro atoms. The molecular formula is C27H25F3N4O3S. The Bertz CT molecular complexity index is 1570. The number of thiophene rings is 1. The number of hydrogen-bond acceptors (Lipinski definition) is 6. The van der Waals surface area contributed by atoms with Gasteiger partial charge in [0, 0.05) is 16.5 Å². The van der Waals surface area contributed by atoms with Crippen LogP contribution in [0, 0.1) is 13.8 Å². The van der Waals surface area contributed by atoms with Crippen LogP contribution in [0.1, 0.15) is 67.4 Å². The number of methoxy groups -OCH3 is 1. The van der Waals surface area contributed by atoms with Gasteiger partial charge in [0.15, 0.2) is 17.0 Å². The summed E-state index contributed by atoms with van der Waals surface area (Å²) in [5.74, 6) is -1.30. The first-order chi connectivity index (χ1) is 18.1. The van der Waals surface area contributed by atoms with Crippen LogP contribution in [0.25, 0.3) is 16.9 Å². The highest BCUT2D eigenvalue weighted by Gasteiger charge is 2.36. The second-order valence-electron chi connectivity index (χ2n) is 9.34. The summed E-state index contributed by atoms with van der Waals surface area (Å²) in [4.78, 5) is 31.2. The topological polar surface area (TPSA) is 85.6 Å². The van der Waals surface area contributed by atoms with E-state index in [2.05, 4.69) is 15.4 Å². The van der Waals surface area contributed by atoms with Crippen LogP contribution in [-0.4, -0.2) is 33.6 Å². The van der Waals surface area contributed by atoms with Crippen molar-refractivity contribution in [3.8, 4) is 11.3 Å². The van der Waals surface area contributed by atoms with E-state index in [9.17, 15) is 22.8 Å². The summed E-state index contributed by atoms with van der Waals surface area (Å²) in [6, 6.07) is 7.44. The molecule has 0 radical (unpaired) electrons. The number of carbonyl (C=O) groups excluding carboxylic acids is 2. The Morgan fingerprint density at radius 1 is 1.05 bits per heavy atom. The van der Waals surface area contributed by atoms with Crippen LogP contribution in [0.2, 0.25) is 0 Å². The molecule has 0 fully saturated rings. The van der Waals surface area contributed by atoms with Crippen molar-refractivity contribution in [2.75, 3.05) is 12.4 Å². The summed E-state index contributed by atoms with van der Waals surface area (Å²) in [5.41, 5.74) is 2.32. The first-order valence-electron chi connectivity index (χ1n) is 12.2. The third-order valence-corrected chi connectivity index (χ3v) is 8.00. The number of aryl methyl sites for hydroxylation is 3. The maximum atomic E-state index is 14.0. The third kappa shape index (κ3) is 4.78. The normalized spacial score (nSPS) is 13.7. The fourth-order valence-corrected chi connectivity index (χ4v) is 5.92. The Morgan fingerprint density at radius 2 is 1.82 bits per heavy atom. The zero-order valence-electron chi connectivity index (χ0n) is 21.0. The van der Waals surface area contributed by atoms with Gasteiger partial charge in [-0.25, -0.2) is 14.3 Å². The molecule has 0 bridgehead atoms. The van der Waals surface area contributed by atoms with Gasteiger partial charge in [-0.1, -0.05) is 18.6 Å². The number of carbonyl (C=O) groups is 2. The molecule has 38 heavy (non-hydrogen) atoms. The van der Waals surface area contributed by atoms with Crippen molar-refractivity contribution in [1.29, 1.82) is 0 Å². The Labute approximate surface area is 220 Å². The summed E-state index contributed by atoms with van der Waals surface area (Å²) in [6.45, 7) is 3.78. The van der Waals surface area contributed by atoms with Crippen LogP contribution in [0.15, 0.2) is 30.3 Å². The van der Waals surface area contributed by atoms with Crippen LogP contribution in [0.5, 0.6) is 0 Å². The maximum Gasteiger partial charge on any atom is 0.433 e. The number of alkyl halides is 3. The Morgan fingerprint density at radius 3 is 2.53 bits per heavy atom. The van der Waals surface area contributed by atoms with Crippen LogP contribution in [0.3, 0.4) is 0 Å². The van der Waals surface area contributed by atoms with Crippen LogP contribution < -0.4 is 5.32 Å². The zero-order chi connectivity index (χ0) is 27.2. The fourth-order valence-electron chi connectivity index (χ4n) is 4.65. The SMILES string of the molecule is COC(=O)c1c(NC(=O)c2cc3nc(-c4ccc(C)c(C)c4)cc(C(F)(F)F)n3n2)sc2c1CCCCC2. The summed E-state index contributed by atoms with van der Waals surface area (Å²) < 4.78 is 47.7. The van der Waals surface area contributed by atoms with Gasteiger partial charge in [0.25, 0.3) is 5.91 Å². The Balaban J connectivity index is 1.55. The number of benzene rings is 1. The number of esters is 1. The number of fused-ring (bicyclic) bond motifs is 2. The molecule has 0 saturated heterocycles. The molecule has 1 amide bonds. The van der Waals surface area contributed by atoms with E-state index in [1.54, 1.807) is 12.1 Å². The van der Waals surface area contributed by atoms with E-state index < -0.39 is 23.7 Å². The molecule has 0 atom stereocenters. The monoisotopic (exact) mass is 542 g/mol. The van der Waals surface area contributed by atoms with Crippen molar-refractivity contribution in [1.82, 2.24) is 14.6 Å². The van der Waals surface area contributed by atoms with E-state index in [4.69, 9.17) is 4.74 Å². The molecular weight excluding hydrogens is 517 g/mol. The molecule has 4 aromatic rings. The highest BCUT2D eigenvalue weighted by molar-refractivity contribution is 7.17. The second kappa shape index (κ2) is 9.86. The van der Waals surface area contributed by atoms with Crippen molar-refractivity contribution in [2.45, 2.75) is 52.1 Å². The number of nitrogens with one attached hydrogen (secondary N) is 1. The van der Waals surface area contributed by atoms with E-state index in [1.807, 2.05) is 19.9 Å². The smallest absolute Gasteiger partial charge is 0.433 e. The second-order valence-corrected chi connectivity index (χ2v) is 10.4. The zero-order valence-corrected chi connectivity index (χ0v) is 21.8. The number of aromatic nitrogens is 3. The van der Waals surface area contributed by atoms with E-state index in [0.717, 1.165) is 53.3 Å². The lowest BCUT2D eigenvalue weighted by atomic mass is 10.0. The van der Waals surface area contributed by atoms with Crippen LogP contribution >= 0.6 is 11.3 Å². The van der Waals surface area contributed by atoms with Gasteiger partial charge in [-0.15, -0.1) is 11.3 Å². The predicted molar refractivity (Wildman–Crippen MR) is 138 cm³/mol. The van der Waals surface area contributed by atoms with Gasteiger partial charge in [0.05, 0.1) is 18.4 Å². The molecule has 5 rings (SSSR count). The van der Waals surface area contributed by atoms with Crippen molar-refractivity contribution in [3.05, 3.63) is 68.9 Å². The molecule has 1 aliphatic rings. The lowest BCUT2D eigenvalue weighted by Crippen LogP contribution is -2.16. The first-order valence-corrected chi connectivity index (χ1v) is 13.0. The molecule has 0 aliphatic heterocycles. The molecule has 11 heteroatoms. The van der Waals surface area contributed by atoms with Gasteiger partial charge in [-0.3, -0.25) is 4.79 Å². The number of ether oxygens (including phenoxy) is 1. The van der Waals surface area contributed by atoms with Crippen molar-refractivity contribution < 1.29 is 27.5 Å². The standard InChI is InChI=1S/C27H25F3N4O3S/c1-14-9-10-16(11-15(14)2)18-12-21(27(28,29)30)34-22(31-18)13-19(33-34)24(35)32-25-23(26(36)37-3)17-7-5-4-6-8-20(17)38-25/h9-13H,4-8H2,1-3H3,(H,32,35). The largest absolute Gasteiger partial charge is 0.465 e. The highest BCUT2D eigenvalue weighted by atomic mass is 32.1. The summed E-state index contributed by atoms with van der Waals surface area (Å²) in [5, 5.41) is 6.95. The number of halogens is 3. The minimum atomic E-state index is -4.74. The highest BCUT2D eigenvalue weighted by Crippen LogP contribution is 2.38. The molecule has 3 heterocycles. The quantitative estimate of drug-likeness (QED) is 0.238. The van der Waals surface area contributed by atoms with Gasteiger partial charge in [-0.05, 0) is 68.4 Å². The van der Waals surface area contributed by atoms with Gasteiger partial charge >= 0.3 is 12.1 Å². The average Bonchev–Trinajstić information content (AvgIpc) is 3.37. The fraction of sp³-hybridized carbons (Fsp3) is 0.333. The third-order valence-electron chi connectivity index (χ3n) is 6.79. The van der Waals surface area contributed by atoms with Crippen molar-refractivity contribution in [3.63, 3.8) is 0 Å². The van der Waals surface area contributed by atoms with Gasteiger partial charge in [0.2, 0.25) is 0 Å².